The van der Waals surface area contributed by atoms with Crippen LogP contribution in [0.2, 0.25) is 10.0 Å². The summed E-state index contributed by atoms with van der Waals surface area (Å²) in [4.78, 5) is 39.5. The van der Waals surface area contributed by atoms with E-state index in [-0.39, 0.29) is 53.8 Å². The minimum atomic E-state index is -4.94. The van der Waals surface area contributed by atoms with Gasteiger partial charge in [-0.2, -0.15) is 18.3 Å². The summed E-state index contributed by atoms with van der Waals surface area (Å²) in [5, 5.41) is 12.9. The molecule has 7 nitrogen and oxygen atoms in total. The second kappa shape index (κ2) is 11.7. The van der Waals surface area contributed by atoms with Crippen LogP contribution >= 0.6 is 23.2 Å². The second-order valence-electron chi connectivity index (χ2n) is 10.9. The van der Waals surface area contributed by atoms with E-state index in [0.29, 0.717) is 0 Å². The molecule has 0 atom stereocenters. The topological polar surface area (TPSA) is 92.5 Å². The van der Waals surface area contributed by atoms with E-state index in [1.807, 2.05) is 0 Å². The molecule has 1 heterocycles. The monoisotopic (exact) mass is 605 g/mol. The normalized spacial score (nSPS) is 21.9. The van der Waals surface area contributed by atoms with E-state index < -0.39 is 58.9 Å². The fourth-order valence-electron chi connectivity index (χ4n) is 5.73. The molecule has 40 heavy (non-hydrogen) atoms. The van der Waals surface area contributed by atoms with E-state index in [1.54, 1.807) is 6.92 Å². The predicted octanol–water partition coefficient (Wildman–Crippen LogP) is 7.07. The van der Waals surface area contributed by atoms with Crippen LogP contribution in [0.15, 0.2) is 18.3 Å². The maximum absolute atomic E-state index is 14.4. The molecule has 0 bridgehead atoms. The minimum Gasteiger partial charge on any atom is -0.481 e. The third kappa shape index (κ3) is 6.30. The van der Waals surface area contributed by atoms with Gasteiger partial charge >= 0.3 is 12.1 Å². The third-order valence-corrected chi connectivity index (χ3v) is 8.67. The molecular weight excluding hydrogens is 577 g/mol. The first kappa shape index (κ1) is 30.3. The van der Waals surface area contributed by atoms with Crippen molar-refractivity contribution in [2.24, 2.45) is 11.3 Å². The number of nitrogens with zero attached hydrogens (tertiary/aromatic N) is 3. The van der Waals surface area contributed by atoms with Crippen molar-refractivity contribution < 1.29 is 37.1 Å². The van der Waals surface area contributed by atoms with Crippen LogP contribution in [0.3, 0.4) is 0 Å². The summed E-state index contributed by atoms with van der Waals surface area (Å²) in [5.74, 6) is -3.53. The number of halogens is 6. The van der Waals surface area contributed by atoms with Crippen LogP contribution in [0.5, 0.6) is 0 Å². The summed E-state index contributed by atoms with van der Waals surface area (Å²) in [7, 11) is 0. The Morgan fingerprint density at radius 1 is 1.10 bits per heavy atom. The molecule has 2 aromatic rings. The number of ketones is 1. The molecule has 0 saturated heterocycles. The lowest BCUT2D eigenvalue weighted by atomic mass is 9.74. The Bertz CT molecular complexity index is 1280. The number of aliphatic carboxylic acids is 1. The standard InChI is InChI=1S/C27H29Cl2F4N3O4/c1-26(25(39)40)8-6-17(7-9-26)36-23(27(31,32)33)18(12-34-36)24(38)35(13-15-4-2-3-5-15)14-21(37)22-19(28)10-16(30)11-20(22)29/h10-12,15,17H,2-9,13-14H2,1H3,(H,39,40)/t17-,26-. The summed E-state index contributed by atoms with van der Waals surface area (Å²) in [6.45, 7) is 0.999. The first-order valence-electron chi connectivity index (χ1n) is 13.1. The number of carboxylic acid groups (broad SMARTS) is 1. The number of benzene rings is 1. The SMILES string of the molecule is C[C@]1(C(=O)O)CC[C@H](n2ncc(C(=O)N(CC(=O)c3c(Cl)cc(F)cc3Cl)CC3CCCC3)c2C(F)(F)F)CC1. The first-order chi connectivity index (χ1) is 18.7. The van der Waals surface area contributed by atoms with Gasteiger partial charge in [0.2, 0.25) is 0 Å². The average Bonchev–Trinajstić information content (AvgIpc) is 3.53. The molecule has 0 radical (unpaired) electrons. The maximum atomic E-state index is 14.4. The smallest absolute Gasteiger partial charge is 0.433 e. The highest BCUT2D eigenvalue weighted by atomic mass is 35.5. The zero-order valence-electron chi connectivity index (χ0n) is 21.7. The van der Waals surface area contributed by atoms with Crippen molar-refractivity contribution in [1.82, 2.24) is 14.7 Å². The third-order valence-electron chi connectivity index (χ3n) is 8.08. The molecule has 2 aliphatic rings. The largest absolute Gasteiger partial charge is 0.481 e. The zero-order chi connectivity index (χ0) is 29.4. The molecule has 1 N–H and O–H groups in total. The molecular formula is C27H29Cl2F4N3O4. The molecule has 0 aliphatic heterocycles. The van der Waals surface area contributed by atoms with Crippen LogP contribution < -0.4 is 0 Å². The van der Waals surface area contributed by atoms with Gasteiger partial charge in [0.05, 0.1) is 45.4 Å². The molecule has 2 saturated carbocycles. The Kier molecular flexibility index (Phi) is 8.85. The van der Waals surface area contributed by atoms with Crippen LogP contribution in [0.4, 0.5) is 17.6 Å². The van der Waals surface area contributed by atoms with Gasteiger partial charge in [-0.1, -0.05) is 36.0 Å². The van der Waals surface area contributed by atoms with E-state index in [4.69, 9.17) is 23.2 Å². The minimum absolute atomic E-state index is 0.00710. The highest BCUT2D eigenvalue weighted by molar-refractivity contribution is 6.40. The average molecular weight is 606 g/mol. The first-order valence-corrected chi connectivity index (χ1v) is 13.8. The molecule has 1 amide bonds. The Morgan fingerprint density at radius 2 is 1.68 bits per heavy atom. The van der Waals surface area contributed by atoms with E-state index in [2.05, 4.69) is 5.10 Å². The Balaban J connectivity index is 1.66. The predicted molar refractivity (Wildman–Crippen MR) is 139 cm³/mol. The van der Waals surface area contributed by atoms with Crippen molar-refractivity contribution in [3.8, 4) is 0 Å². The van der Waals surface area contributed by atoms with Crippen molar-refractivity contribution in [2.75, 3.05) is 13.1 Å². The Morgan fingerprint density at radius 3 is 2.20 bits per heavy atom. The van der Waals surface area contributed by atoms with Crippen molar-refractivity contribution in [3.05, 3.63) is 51.0 Å². The fraction of sp³-hybridized carbons (Fsp3) is 0.556. The number of aromatic nitrogens is 2. The summed E-state index contributed by atoms with van der Waals surface area (Å²) in [6.07, 6.45) is -0.152. The molecule has 0 spiro atoms. The molecule has 13 heteroatoms. The molecule has 2 aliphatic carbocycles. The van der Waals surface area contributed by atoms with Crippen LogP contribution in [-0.2, 0) is 11.0 Å². The van der Waals surface area contributed by atoms with Crippen molar-refractivity contribution in [1.29, 1.82) is 0 Å². The number of rotatable bonds is 8. The van der Waals surface area contributed by atoms with E-state index in [9.17, 15) is 37.1 Å². The lowest BCUT2D eigenvalue weighted by Crippen LogP contribution is -2.40. The van der Waals surface area contributed by atoms with Gasteiger partial charge in [0.25, 0.3) is 5.91 Å². The molecule has 2 fully saturated rings. The van der Waals surface area contributed by atoms with Crippen molar-refractivity contribution in [3.63, 3.8) is 0 Å². The molecule has 1 aromatic carbocycles. The Hall–Kier alpha value is -2.66. The molecule has 1 aromatic heterocycles. The summed E-state index contributed by atoms with van der Waals surface area (Å²) in [6, 6.07) is 1.05. The number of hydrogen-bond donors (Lipinski definition) is 1. The van der Waals surface area contributed by atoms with Crippen LogP contribution in [-0.4, -0.2) is 50.5 Å². The van der Waals surface area contributed by atoms with E-state index in [1.165, 1.54) is 0 Å². The van der Waals surface area contributed by atoms with Crippen molar-refractivity contribution >= 4 is 40.9 Å². The molecule has 4 rings (SSSR count). The van der Waals surface area contributed by atoms with E-state index in [0.717, 1.165) is 53.6 Å². The quantitative estimate of drug-likeness (QED) is 0.257. The number of Topliss-reactive ketones (excluding diaryl/α,β-unsaturated/α-hetero) is 1. The van der Waals surface area contributed by atoms with Crippen LogP contribution in [0.25, 0.3) is 0 Å². The van der Waals surface area contributed by atoms with Gasteiger partial charge in [0.15, 0.2) is 11.5 Å². The molecule has 0 unspecified atom stereocenters. The number of hydrogen-bond acceptors (Lipinski definition) is 4. The van der Waals surface area contributed by atoms with Gasteiger partial charge in [0.1, 0.15) is 5.82 Å². The number of amides is 1. The zero-order valence-corrected chi connectivity index (χ0v) is 23.3. The van der Waals surface area contributed by atoms with Crippen molar-refractivity contribution in [2.45, 2.75) is 70.5 Å². The summed E-state index contributed by atoms with van der Waals surface area (Å²) in [5.41, 5.74) is -3.18. The number of alkyl halides is 3. The second-order valence-corrected chi connectivity index (χ2v) is 11.8. The van der Waals surface area contributed by atoms with Crippen LogP contribution in [0.1, 0.15) is 90.7 Å². The highest BCUT2D eigenvalue weighted by Gasteiger charge is 2.45. The van der Waals surface area contributed by atoms with Gasteiger partial charge in [-0.3, -0.25) is 19.1 Å². The molecule has 218 valence electrons. The number of carbonyl (C=O) groups excluding carboxylic acids is 2. The number of carbonyl (C=O) groups is 3. The summed E-state index contributed by atoms with van der Waals surface area (Å²) >= 11 is 12.1. The lowest BCUT2D eigenvalue weighted by Gasteiger charge is -2.34. The van der Waals surface area contributed by atoms with Gasteiger partial charge in [0, 0.05) is 6.54 Å². The van der Waals surface area contributed by atoms with E-state index >= 15 is 0 Å². The van der Waals surface area contributed by atoms with Gasteiger partial charge < -0.3 is 10.0 Å². The van der Waals surface area contributed by atoms with Gasteiger partial charge in [-0.05, 0) is 63.5 Å². The van der Waals surface area contributed by atoms with Crippen LogP contribution in [0, 0.1) is 17.2 Å². The fourth-order valence-corrected chi connectivity index (χ4v) is 6.40. The summed E-state index contributed by atoms with van der Waals surface area (Å²) < 4.78 is 57.7. The maximum Gasteiger partial charge on any atom is 0.433 e. The van der Waals surface area contributed by atoms with Gasteiger partial charge in [-0.25, -0.2) is 4.39 Å². The Labute approximate surface area is 238 Å². The lowest BCUT2D eigenvalue weighted by molar-refractivity contribution is -0.152. The number of carboxylic acids is 1. The van der Waals surface area contributed by atoms with Gasteiger partial charge in [-0.15, -0.1) is 0 Å². The highest BCUT2D eigenvalue weighted by Crippen LogP contribution is 2.43.